The number of carbonyl (C=O) groups excluding carboxylic acids is 1. The zero-order chi connectivity index (χ0) is 21.9. The number of amides is 1. The molecule has 8 heteroatoms. The highest BCUT2D eigenvalue weighted by Crippen LogP contribution is 2.25. The Bertz CT molecular complexity index is 1030. The predicted octanol–water partition coefficient (Wildman–Crippen LogP) is 3.07. The highest BCUT2D eigenvalue weighted by Gasteiger charge is 2.28. The van der Waals surface area contributed by atoms with Gasteiger partial charge in [-0.25, -0.2) is 8.42 Å². The molecule has 0 aliphatic carbocycles. The molecule has 7 nitrogen and oxygen atoms in total. The molecule has 1 aliphatic heterocycles. The average molecular weight is 432 g/mol. The summed E-state index contributed by atoms with van der Waals surface area (Å²) in [5.74, 6) is -0.242. The molecule has 0 radical (unpaired) electrons. The van der Waals surface area contributed by atoms with Crippen LogP contribution in [0.15, 0.2) is 41.3 Å². The van der Waals surface area contributed by atoms with E-state index in [1.165, 1.54) is 10.4 Å². The summed E-state index contributed by atoms with van der Waals surface area (Å²) in [6, 6.07) is 10.5. The summed E-state index contributed by atoms with van der Waals surface area (Å²) in [4.78, 5) is 12.9. The first kappa shape index (κ1) is 22.3. The number of hydrogen-bond acceptors (Lipinski definition) is 5. The molecule has 30 heavy (non-hydrogen) atoms. The van der Waals surface area contributed by atoms with E-state index in [0.717, 1.165) is 16.8 Å². The number of anilines is 2. The minimum atomic E-state index is -3.64. The van der Waals surface area contributed by atoms with Crippen LogP contribution in [0.25, 0.3) is 0 Å². The van der Waals surface area contributed by atoms with Gasteiger partial charge in [-0.3, -0.25) is 4.79 Å². The van der Waals surface area contributed by atoms with E-state index in [1.807, 2.05) is 26.0 Å². The lowest BCUT2D eigenvalue weighted by Crippen LogP contribution is -2.40. The molecule has 2 aromatic carbocycles. The van der Waals surface area contributed by atoms with E-state index in [1.54, 1.807) is 26.0 Å². The maximum atomic E-state index is 13.0. The van der Waals surface area contributed by atoms with E-state index in [0.29, 0.717) is 37.6 Å². The van der Waals surface area contributed by atoms with Gasteiger partial charge in [0.25, 0.3) is 0 Å². The fourth-order valence-electron chi connectivity index (χ4n) is 3.41. The van der Waals surface area contributed by atoms with Gasteiger partial charge in [0.2, 0.25) is 15.9 Å². The molecule has 1 atom stereocenters. The van der Waals surface area contributed by atoms with Crippen LogP contribution in [0.5, 0.6) is 0 Å². The number of rotatable bonds is 6. The standard InChI is InChI=1S/C22H29N3O4S/c1-15-5-8-20(17(3)13-15)23-18(4)22(26)24-19-7-6-16(2)21(14-19)30(27,28)25-9-11-29-12-10-25/h5-8,13-14,18,23H,9-12H2,1-4H3,(H,24,26). The Morgan fingerprint density at radius 2 is 1.73 bits per heavy atom. The third kappa shape index (κ3) is 5.00. The van der Waals surface area contributed by atoms with Crippen LogP contribution in [0.4, 0.5) is 11.4 Å². The first-order valence-corrected chi connectivity index (χ1v) is 11.5. The highest BCUT2D eigenvalue weighted by atomic mass is 32.2. The molecule has 3 rings (SSSR count). The van der Waals surface area contributed by atoms with Crippen LogP contribution in [-0.2, 0) is 19.6 Å². The number of hydrogen-bond donors (Lipinski definition) is 2. The van der Waals surface area contributed by atoms with Crippen molar-refractivity contribution in [2.45, 2.75) is 38.6 Å². The number of aryl methyl sites for hydroxylation is 3. The number of nitrogens with one attached hydrogen (secondary N) is 2. The molecule has 0 saturated carbocycles. The Labute approximate surface area is 178 Å². The van der Waals surface area contributed by atoms with Crippen LogP contribution in [0.2, 0.25) is 0 Å². The molecule has 1 unspecified atom stereocenters. The van der Waals surface area contributed by atoms with E-state index < -0.39 is 16.1 Å². The molecule has 162 valence electrons. The first-order chi connectivity index (χ1) is 14.2. The van der Waals surface area contributed by atoms with Crippen LogP contribution < -0.4 is 10.6 Å². The Morgan fingerprint density at radius 1 is 1.03 bits per heavy atom. The number of benzene rings is 2. The van der Waals surface area contributed by atoms with Crippen LogP contribution in [0.3, 0.4) is 0 Å². The van der Waals surface area contributed by atoms with Crippen molar-refractivity contribution in [3.8, 4) is 0 Å². The molecular weight excluding hydrogens is 402 g/mol. The Hall–Kier alpha value is -2.42. The lowest BCUT2D eigenvalue weighted by Gasteiger charge is -2.27. The number of morpholine rings is 1. The van der Waals surface area contributed by atoms with Gasteiger partial charge in [0, 0.05) is 24.5 Å². The number of ether oxygens (including phenoxy) is 1. The van der Waals surface area contributed by atoms with Gasteiger partial charge in [0.15, 0.2) is 0 Å². The van der Waals surface area contributed by atoms with E-state index in [9.17, 15) is 13.2 Å². The quantitative estimate of drug-likeness (QED) is 0.734. The predicted molar refractivity (Wildman–Crippen MR) is 118 cm³/mol. The van der Waals surface area contributed by atoms with Crippen molar-refractivity contribution in [3.05, 3.63) is 53.1 Å². The van der Waals surface area contributed by atoms with Gasteiger partial charge in [-0.1, -0.05) is 23.8 Å². The van der Waals surface area contributed by atoms with Crippen molar-refractivity contribution >= 4 is 27.3 Å². The van der Waals surface area contributed by atoms with E-state index in [-0.39, 0.29) is 10.8 Å². The number of nitrogens with zero attached hydrogens (tertiary/aromatic N) is 1. The van der Waals surface area contributed by atoms with Crippen LogP contribution in [0, 0.1) is 20.8 Å². The van der Waals surface area contributed by atoms with Crippen molar-refractivity contribution in [1.29, 1.82) is 0 Å². The van der Waals surface area contributed by atoms with Gasteiger partial charge in [-0.05, 0) is 57.0 Å². The van der Waals surface area contributed by atoms with E-state index in [4.69, 9.17) is 4.74 Å². The smallest absolute Gasteiger partial charge is 0.246 e. The summed E-state index contributed by atoms with van der Waals surface area (Å²) >= 11 is 0. The minimum absolute atomic E-state index is 0.206. The zero-order valence-electron chi connectivity index (χ0n) is 17.9. The minimum Gasteiger partial charge on any atom is -0.379 e. The fraction of sp³-hybridized carbons (Fsp3) is 0.409. The maximum Gasteiger partial charge on any atom is 0.246 e. The number of sulfonamides is 1. The van der Waals surface area contributed by atoms with Crippen LogP contribution >= 0.6 is 0 Å². The SMILES string of the molecule is Cc1ccc(NC(C)C(=O)Nc2ccc(C)c(S(=O)(=O)N3CCOCC3)c2)c(C)c1. The maximum absolute atomic E-state index is 13.0. The Kier molecular flexibility index (Phi) is 6.80. The summed E-state index contributed by atoms with van der Waals surface area (Å²) in [6.07, 6.45) is 0. The molecule has 0 bridgehead atoms. The molecular formula is C22H29N3O4S. The molecule has 0 aromatic heterocycles. The lowest BCUT2D eigenvalue weighted by atomic mass is 10.1. The first-order valence-electron chi connectivity index (χ1n) is 10.0. The average Bonchev–Trinajstić information content (AvgIpc) is 2.72. The Morgan fingerprint density at radius 3 is 2.40 bits per heavy atom. The molecule has 2 N–H and O–H groups in total. The summed E-state index contributed by atoms with van der Waals surface area (Å²) in [5, 5.41) is 6.04. The second-order valence-electron chi connectivity index (χ2n) is 7.67. The third-order valence-corrected chi connectivity index (χ3v) is 7.23. The third-order valence-electron chi connectivity index (χ3n) is 5.19. The topological polar surface area (TPSA) is 87.7 Å². The molecule has 1 fully saturated rings. The van der Waals surface area contributed by atoms with Gasteiger partial charge in [0.05, 0.1) is 18.1 Å². The van der Waals surface area contributed by atoms with Crippen LogP contribution in [-0.4, -0.2) is 51.0 Å². The second kappa shape index (κ2) is 9.16. The number of carbonyl (C=O) groups is 1. The molecule has 1 saturated heterocycles. The second-order valence-corrected chi connectivity index (χ2v) is 9.58. The lowest BCUT2D eigenvalue weighted by molar-refractivity contribution is -0.116. The molecule has 1 aliphatic rings. The fourth-order valence-corrected chi connectivity index (χ4v) is 5.07. The van der Waals surface area contributed by atoms with Crippen molar-refractivity contribution in [2.24, 2.45) is 0 Å². The summed E-state index contributed by atoms with van der Waals surface area (Å²) in [5.41, 5.74) is 4.20. The van der Waals surface area contributed by atoms with E-state index >= 15 is 0 Å². The molecule has 2 aromatic rings. The van der Waals surface area contributed by atoms with Crippen LogP contribution in [0.1, 0.15) is 23.6 Å². The van der Waals surface area contributed by atoms with Gasteiger partial charge in [0.1, 0.15) is 6.04 Å². The van der Waals surface area contributed by atoms with Gasteiger partial charge in [-0.2, -0.15) is 4.31 Å². The normalized spacial score (nSPS) is 16.1. The van der Waals surface area contributed by atoms with Gasteiger partial charge >= 0.3 is 0 Å². The van der Waals surface area contributed by atoms with Gasteiger partial charge < -0.3 is 15.4 Å². The van der Waals surface area contributed by atoms with Crippen molar-refractivity contribution in [3.63, 3.8) is 0 Å². The molecule has 1 amide bonds. The summed E-state index contributed by atoms with van der Waals surface area (Å²) < 4.78 is 32.7. The van der Waals surface area contributed by atoms with Gasteiger partial charge in [-0.15, -0.1) is 0 Å². The Balaban J connectivity index is 1.75. The van der Waals surface area contributed by atoms with Crippen molar-refractivity contribution in [1.82, 2.24) is 4.31 Å². The summed E-state index contributed by atoms with van der Waals surface area (Å²) in [6.45, 7) is 8.96. The van der Waals surface area contributed by atoms with Crippen molar-refractivity contribution < 1.29 is 17.9 Å². The largest absolute Gasteiger partial charge is 0.379 e. The monoisotopic (exact) mass is 431 g/mol. The van der Waals surface area contributed by atoms with E-state index in [2.05, 4.69) is 16.7 Å². The molecule has 1 heterocycles. The van der Waals surface area contributed by atoms with Crippen molar-refractivity contribution in [2.75, 3.05) is 36.9 Å². The highest BCUT2D eigenvalue weighted by molar-refractivity contribution is 7.89. The molecule has 0 spiro atoms. The summed E-state index contributed by atoms with van der Waals surface area (Å²) in [7, 11) is -3.64. The zero-order valence-corrected chi connectivity index (χ0v) is 18.7.